The highest BCUT2D eigenvalue weighted by atomic mass is 35.5. The van der Waals surface area contributed by atoms with Gasteiger partial charge in [-0.25, -0.2) is 52.3 Å². The number of hydrogen-bond acceptors (Lipinski definition) is 22. The van der Waals surface area contributed by atoms with E-state index in [0.717, 1.165) is 17.7 Å². The van der Waals surface area contributed by atoms with Crippen LogP contribution in [0.5, 0.6) is 34.5 Å². The van der Waals surface area contributed by atoms with Crippen LogP contribution in [0.15, 0.2) is 91.0 Å². The van der Waals surface area contributed by atoms with E-state index >= 15 is 0 Å². The Balaban J connectivity index is 0.000000219. The number of halogens is 9. The van der Waals surface area contributed by atoms with E-state index in [1.165, 1.54) is 112 Å². The number of methoxy groups -OCH3 is 8. The summed E-state index contributed by atoms with van der Waals surface area (Å²) in [5.74, 6) is -5.95. The Bertz CT molecular complexity index is 3950. The minimum Gasteiger partial charge on any atom is -0.492 e. The Morgan fingerprint density at radius 2 is 0.767 bits per heavy atom. The zero-order valence-corrected chi connectivity index (χ0v) is 51.7. The molecule has 0 amide bonds. The molecule has 31 heteroatoms. The summed E-state index contributed by atoms with van der Waals surface area (Å²) in [5.41, 5.74) is 24.3. The van der Waals surface area contributed by atoms with Crippen LogP contribution in [0.25, 0.3) is 45.0 Å². The Labute approximate surface area is 529 Å². The second-order valence-electron chi connectivity index (χ2n) is 17.3. The van der Waals surface area contributed by atoms with Gasteiger partial charge in [-0.1, -0.05) is 58.5 Å². The highest BCUT2D eigenvalue weighted by molar-refractivity contribution is 6.32. The molecule has 8 N–H and O–H groups in total. The zero-order valence-electron chi connectivity index (χ0n) is 48.7. The minimum absolute atomic E-state index is 0.0185. The number of rotatable bonds is 16. The SMILES string of the molecule is CCOC(=O)c1nc(-c2ccc(Cl)c(OC)c2F)cc(N)c1OC(F)F.COC(=O)c1nc(-c2ccc(Cl)c(OC)c2F)cc(N)c1OC.COC(=O)c1nc(-c2ccc(Cl)cc2)cc(N)c1OC.COC(=O)c1nc(-c2ccc(Cl)cc2F)cc(N)c1OC. The number of aromatic nitrogens is 4. The van der Waals surface area contributed by atoms with Gasteiger partial charge in [0.15, 0.2) is 68.9 Å². The zero-order chi connectivity index (χ0) is 66.8. The summed E-state index contributed by atoms with van der Waals surface area (Å²) in [5, 5.41) is 1.00. The van der Waals surface area contributed by atoms with Crippen LogP contribution in [0.3, 0.4) is 0 Å². The average molecular weight is 1330 g/mol. The van der Waals surface area contributed by atoms with Gasteiger partial charge in [0.05, 0.1) is 119 Å². The lowest BCUT2D eigenvalue weighted by Crippen LogP contribution is -2.15. The molecule has 476 valence electrons. The molecule has 0 saturated heterocycles. The fourth-order valence-corrected chi connectivity index (χ4v) is 8.56. The summed E-state index contributed by atoms with van der Waals surface area (Å²) >= 11 is 23.3. The number of pyridine rings is 4. The van der Waals surface area contributed by atoms with Crippen molar-refractivity contribution in [1.82, 2.24) is 19.9 Å². The Hall–Kier alpha value is -9.83. The van der Waals surface area contributed by atoms with Crippen molar-refractivity contribution in [1.29, 1.82) is 0 Å². The second kappa shape index (κ2) is 32.4. The van der Waals surface area contributed by atoms with Gasteiger partial charge < -0.3 is 70.3 Å². The first-order chi connectivity index (χ1) is 42.8. The van der Waals surface area contributed by atoms with Crippen molar-refractivity contribution in [3.8, 4) is 79.5 Å². The van der Waals surface area contributed by atoms with E-state index in [2.05, 4.69) is 38.9 Å². The fourth-order valence-electron chi connectivity index (χ4n) is 7.83. The summed E-state index contributed by atoms with van der Waals surface area (Å²) in [6.07, 6.45) is 0. The lowest BCUT2D eigenvalue weighted by atomic mass is 10.1. The van der Waals surface area contributed by atoms with Crippen LogP contribution in [0.2, 0.25) is 20.1 Å². The van der Waals surface area contributed by atoms with Crippen LogP contribution in [0, 0.1) is 17.5 Å². The third-order valence-electron chi connectivity index (χ3n) is 11.8. The molecular formula is C59H53Cl4F5N8O14. The molecule has 0 aliphatic carbocycles. The number of carbonyl (C=O) groups is 4. The number of ether oxygens (including phenoxy) is 10. The Morgan fingerprint density at radius 3 is 1.12 bits per heavy atom. The molecular weight excluding hydrogens is 1280 g/mol. The quantitative estimate of drug-likeness (QED) is 0.0397. The van der Waals surface area contributed by atoms with E-state index in [-0.39, 0.29) is 118 Å². The van der Waals surface area contributed by atoms with E-state index in [4.69, 9.17) is 97.8 Å². The lowest BCUT2D eigenvalue weighted by molar-refractivity contribution is -0.0502. The van der Waals surface area contributed by atoms with Crippen molar-refractivity contribution in [2.24, 2.45) is 0 Å². The molecule has 4 aromatic heterocycles. The number of nitrogens with zero attached hydrogens (tertiary/aromatic N) is 4. The molecule has 0 aliphatic rings. The summed E-state index contributed by atoms with van der Waals surface area (Å²) in [6.45, 7) is -1.77. The van der Waals surface area contributed by atoms with Crippen molar-refractivity contribution in [3.63, 3.8) is 0 Å². The second-order valence-corrected chi connectivity index (χ2v) is 19.0. The average Bonchev–Trinajstić information content (AvgIpc) is 1.03. The monoisotopic (exact) mass is 1330 g/mol. The minimum atomic E-state index is -3.24. The normalized spacial score (nSPS) is 10.4. The van der Waals surface area contributed by atoms with Gasteiger partial charge in [0.2, 0.25) is 0 Å². The highest BCUT2D eigenvalue weighted by Gasteiger charge is 2.28. The molecule has 0 atom stereocenters. The number of esters is 4. The van der Waals surface area contributed by atoms with E-state index in [1.54, 1.807) is 30.3 Å². The van der Waals surface area contributed by atoms with Crippen LogP contribution in [0.4, 0.5) is 44.7 Å². The maximum absolute atomic E-state index is 14.6. The van der Waals surface area contributed by atoms with Gasteiger partial charge in [0.25, 0.3) is 0 Å². The fraction of sp³-hybridized carbons (Fsp3) is 0.186. The topological polar surface area (TPSA) is 316 Å². The maximum Gasteiger partial charge on any atom is 0.387 e. The molecule has 8 aromatic rings. The van der Waals surface area contributed by atoms with E-state index in [9.17, 15) is 41.1 Å². The number of nitrogen functional groups attached to an aromatic ring is 4. The molecule has 0 unspecified atom stereocenters. The van der Waals surface area contributed by atoms with Crippen molar-refractivity contribution < 1.29 is 88.5 Å². The third-order valence-corrected chi connectivity index (χ3v) is 12.9. The number of anilines is 4. The molecule has 0 radical (unpaired) electrons. The largest absolute Gasteiger partial charge is 0.492 e. The van der Waals surface area contributed by atoms with Crippen LogP contribution in [-0.2, 0) is 18.9 Å². The van der Waals surface area contributed by atoms with Gasteiger partial charge in [-0.05, 0) is 85.8 Å². The molecule has 0 spiro atoms. The van der Waals surface area contributed by atoms with E-state index in [1.807, 2.05) is 0 Å². The van der Waals surface area contributed by atoms with Crippen molar-refractivity contribution in [2.75, 3.05) is 86.4 Å². The van der Waals surface area contributed by atoms with Gasteiger partial charge in [0.1, 0.15) is 5.82 Å². The molecule has 4 aromatic carbocycles. The van der Waals surface area contributed by atoms with Gasteiger partial charge in [0, 0.05) is 32.3 Å². The molecule has 90 heavy (non-hydrogen) atoms. The summed E-state index contributed by atoms with van der Waals surface area (Å²) in [7, 11) is 10.3. The first kappa shape index (κ1) is 70.9. The Morgan fingerprint density at radius 1 is 0.433 bits per heavy atom. The lowest BCUT2D eigenvalue weighted by Gasteiger charge is -2.15. The predicted octanol–water partition coefficient (Wildman–Crippen LogP) is 12.5. The van der Waals surface area contributed by atoms with E-state index in [0.29, 0.717) is 16.4 Å². The van der Waals surface area contributed by atoms with Crippen LogP contribution >= 0.6 is 46.4 Å². The summed E-state index contributed by atoms with van der Waals surface area (Å²) in [4.78, 5) is 63.7. The summed E-state index contributed by atoms with van der Waals surface area (Å²) in [6, 6.07) is 22.2. The number of alkyl halides is 2. The van der Waals surface area contributed by atoms with Gasteiger partial charge in [-0.3, -0.25) is 0 Å². The van der Waals surface area contributed by atoms with Crippen molar-refractivity contribution >= 4 is 93.0 Å². The number of carbonyl (C=O) groups excluding carboxylic acids is 4. The number of nitrogens with two attached hydrogens (primary N) is 4. The Kier molecular flexibility index (Phi) is 25.5. The smallest absolute Gasteiger partial charge is 0.387 e. The van der Waals surface area contributed by atoms with Gasteiger partial charge in [-0.15, -0.1) is 0 Å². The first-order valence-corrected chi connectivity index (χ1v) is 26.8. The van der Waals surface area contributed by atoms with Crippen LogP contribution in [-0.4, -0.2) is 114 Å². The summed E-state index contributed by atoms with van der Waals surface area (Å²) < 4.78 is 116. The van der Waals surface area contributed by atoms with E-state index < -0.39 is 59.4 Å². The number of benzene rings is 4. The molecule has 4 heterocycles. The highest BCUT2D eigenvalue weighted by Crippen LogP contribution is 2.40. The maximum atomic E-state index is 14.6. The van der Waals surface area contributed by atoms with Crippen LogP contribution in [0.1, 0.15) is 48.9 Å². The molecule has 0 bridgehead atoms. The molecule has 0 fully saturated rings. The molecule has 0 aliphatic heterocycles. The first-order valence-electron chi connectivity index (χ1n) is 25.2. The third kappa shape index (κ3) is 16.9. The van der Waals surface area contributed by atoms with Crippen LogP contribution < -0.4 is 51.4 Å². The van der Waals surface area contributed by atoms with Gasteiger partial charge >= 0.3 is 30.5 Å². The van der Waals surface area contributed by atoms with Crippen molar-refractivity contribution in [2.45, 2.75) is 13.5 Å². The van der Waals surface area contributed by atoms with Crippen molar-refractivity contribution in [3.05, 3.63) is 151 Å². The molecule has 22 nitrogen and oxygen atoms in total. The molecule has 0 saturated carbocycles. The predicted molar refractivity (Wildman–Crippen MR) is 326 cm³/mol. The standard InChI is InChI=1S/C16H14ClF3N2O4.C15H14ClFN2O4.C14H12ClFN2O3.C14H13ClN2O3/c1-3-25-15(23)12-14(26-16(19)20)9(21)6-10(22-12)7-4-5-8(17)13(24-2)11(7)18;1-21-13-8(16)5-4-7(11(13)17)10-6-9(18)14(22-2)12(19-10)15(20)23-3;1-20-13-10(17)6-11(18-12(13)14(19)21-2)8-4-3-7(15)5-9(8)16;1-19-13-10(16)7-11(17-12(13)14(18)20-2)8-3-5-9(15)6-4-8/h4-6,16H,3H2,1-2H3,(H2,21,22);4-6H,1-3H3,(H2,18,19);3-6H,1-2H3,(H2,17,18);3-7H,1-2H3,(H2,16,17). The molecule has 8 rings (SSSR count). The number of hydrogen-bond donors (Lipinski definition) is 4. The van der Waals surface area contributed by atoms with Gasteiger partial charge in [-0.2, -0.15) is 8.78 Å².